The monoisotopic (exact) mass is 162 g/mol. The van der Waals surface area contributed by atoms with Gasteiger partial charge in [0.15, 0.2) is 0 Å². The molecule has 12 heavy (non-hydrogen) atoms. The van der Waals surface area contributed by atoms with Gasteiger partial charge in [0.2, 0.25) is 0 Å². The number of nitrogens with zero attached hydrogens (tertiary/aromatic N) is 2. The third kappa shape index (κ3) is 0.942. The molecule has 2 rings (SSSR count). The van der Waals surface area contributed by atoms with Crippen molar-refractivity contribution in [2.75, 3.05) is 6.54 Å². The van der Waals surface area contributed by atoms with Crippen molar-refractivity contribution in [3.63, 3.8) is 0 Å². The van der Waals surface area contributed by atoms with Crippen LogP contribution in [0.4, 0.5) is 0 Å². The molecule has 2 aliphatic rings. The zero-order valence-electron chi connectivity index (χ0n) is 7.89. The van der Waals surface area contributed by atoms with E-state index < -0.39 is 0 Å². The van der Waals surface area contributed by atoms with Crippen molar-refractivity contribution in [2.45, 2.75) is 32.7 Å². The molecule has 0 bridgehead atoms. The van der Waals surface area contributed by atoms with E-state index in [9.17, 15) is 0 Å². The van der Waals surface area contributed by atoms with Crippen LogP contribution >= 0.6 is 0 Å². The van der Waals surface area contributed by atoms with Crippen LogP contribution in [0.3, 0.4) is 0 Å². The van der Waals surface area contributed by atoms with Crippen LogP contribution in [-0.4, -0.2) is 24.0 Å². The smallest absolute Gasteiger partial charge is 0.0774 e. The summed E-state index contributed by atoms with van der Waals surface area (Å²) >= 11 is 0. The molecule has 0 fully saturated rings. The van der Waals surface area contributed by atoms with Gasteiger partial charge < -0.3 is 0 Å². The lowest BCUT2D eigenvalue weighted by Gasteiger charge is -2.20. The van der Waals surface area contributed by atoms with E-state index in [0.717, 1.165) is 18.7 Å². The molecule has 0 saturated heterocycles. The Labute approximate surface area is 73.1 Å². The van der Waals surface area contributed by atoms with Crippen molar-refractivity contribution in [3.8, 4) is 0 Å². The van der Waals surface area contributed by atoms with Gasteiger partial charge in [-0.3, -0.25) is 9.98 Å². The van der Waals surface area contributed by atoms with Gasteiger partial charge in [0.1, 0.15) is 0 Å². The Morgan fingerprint density at radius 3 is 2.83 bits per heavy atom. The topological polar surface area (TPSA) is 24.7 Å². The van der Waals surface area contributed by atoms with Gasteiger partial charge in [0, 0.05) is 24.0 Å². The number of dihydropyridines is 1. The highest BCUT2D eigenvalue weighted by Crippen LogP contribution is 2.34. The SMILES string of the molecule is CC1=NC(C)(C)C2=C1C=NCC2. The molecule has 0 aromatic carbocycles. The van der Waals surface area contributed by atoms with Crippen molar-refractivity contribution >= 4 is 11.9 Å². The van der Waals surface area contributed by atoms with Crippen molar-refractivity contribution in [2.24, 2.45) is 9.98 Å². The Kier molecular flexibility index (Phi) is 1.47. The summed E-state index contributed by atoms with van der Waals surface area (Å²) in [7, 11) is 0. The fourth-order valence-electron chi connectivity index (χ4n) is 2.04. The van der Waals surface area contributed by atoms with E-state index in [1.165, 1.54) is 11.1 Å². The molecular weight excluding hydrogens is 148 g/mol. The largest absolute Gasteiger partial charge is 0.292 e. The number of aliphatic imine (C=N–C) groups is 2. The highest BCUT2D eigenvalue weighted by molar-refractivity contribution is 6.18. The molecule has 2 nitrogen and oxygen atoms in total. The maximum Gasteiger partial charge on any atom is 0.0774 e. The lowest BCUT2D eigenvalue weighted by molar-refractivity contribution is 0.598. The molecule has 2 aliphatic heterocycles. The summed E-state index contributed by atoms with van der Waals surface area (Å²) < 4.78 is 0. The van der Waals surface area contributed by atoms with Crippen LogP contribution in [-0.2, 0) is 0 Å². The lowest BCUT2D eigenvalue weighted by atomic mass is 9.89. The summed E-state index contributed by atoms with van der Waals surface area (Å²) in [6.07, 6.45) is 3.06. The first-order valence-electron chi connectivity index (χ1n) is 4.41. The first kappa shape index (κ1) is 7.71. The molecule has 0 aliphatic carbocycles. The summed E-state index contributed by atoms with van der Waals surface area (Å²) in [6.45, 7) is 7.36. The molecule has 2 heterocycles. The van der Waals surface area contributed by atoms with E-state index >= 15 is 0 Å². The van der Waals surface area contributed by atoms with Gasteiger partial charge in [-0.1, -0.05) is 0 Å². The molecule has 0 spiro atoms. The van der Waals surface area contributed by atoms with E-state index in [2.05, 4.69) is 30.8 Å². The van der Waals surface area contributed by atoms with Crippen LogP contribution in [0.5, 0.6) is 0 Å². The van der Waals surface area contributed by atoms with E-state index in [0.29, 0.717) is 0 Å². The maximum atomic E-state index is 4.62. The highest BCUT2D eigenvalue weighted by Gasteiger charge is 2.32. The minimum absolute atomic E-state index is 0.0336. The predicted octanol–water partition coefficient (Wildman–Crippen LogP) is 2.01. The van der Waals surface area contributed by atoms with E-state index in [1.807, 2.05) is 6.21 Å². The Balaban J connectivity index is 2.50. The number of allylic oxidation sites excluding steroid dienone is 1. The zero-order chi connectivity index (χ0) is 8.77. The van der Waals surface area contributed by atoms with Gasteiger partial charge in [0.05, 0.1) is 5.54 Å². The van der Waals surface area contributed by atoms with E-state index in [1.54, 1.807) is 0 Å². The molecule has 0 saturated carbocycles. The Morgan fingerprint density at radius 2 is 2.17 bits per heavy atom. The first-order chi connectivity index (χ1) is 5.61. The second-order valence-electron chi connectivity index (χ2n) is 3.93. The third-order valence-corrected chi connectivity index (χ3v) is 2.61. The highest BCUT2D eigenvalue weighted by atomic mass is 14.9. The van der Waals surface area contributed by atoms with Gasteiger partial charge in [-0.05, 0) is 32.8 Å². The lowest BCUT2D eigenvalue weighted by Crippen LogP contribution is -2.19. The van der Waals surface area contributed by atoms with Crippen LogP contribution in [0.2, 0.25) is 0 Å². The summed E-state index contributed by atoms with van der Waals surface area (Å²) in [5.74, 6) is 0. The predicted molar refractivity (Wildman–Crippen MR) is 52.2 cm³/mol. The molecule has 0 atom stereocenters. The van der Waals surface area contributed by atoms with Gasteiger partial charge in [-0.25, -0.2) is 0 Å². The fraction of sp³-hybridized carbons (Fsp3) is 0.600. The summed E-state index contributed by atoms with van der Waals surface area (Å²) in [6, 6.07) is 0. The van der Waals surface area contributed by atoms with E-state index in [-0.39, 0.29) is 5.54 Å². The normalized spacial score (nSPS) is 25.8. The fourth-order valence-corrected chi connectivity index (χ4v) is 2.04. The molecule has 0 N–H and O–H groups in total. The van der Waals surface area contributed by atoms with Crippen LogP contribution in [0, 0.1) is 0 Å². The van der Waals surface area contributed by atoms with Gasteiger partial charge in [-0.15, -0.1) is 0 Å². The number of rotatable bonds is 0. The Hall–Kier alpha value is -0.920. The minimum Gasteiger partial charge on any atom is -0.292 e. The standard InChI is InChI=1S/C10H14N2/c1-7-8-6-11-5-4-9(8)10(2,3)12-7/h6H,4-5H2,1-3H3. The van der Waals surface area contributed by atoms with Crippen molar-refractivity contribution < 1.29 is 0 Å². The number of hydrogen-bond acceptors (Lipinski definition) is 2. The molecule has 0 aromatic rings. The molecule has 0 radical (unpaired) electrons. The second-order valence-corrected chi connectivity index (χ2v) is 3.93. The number of hydrogen-bond donors (Lipinski definition) is 0. The average molecular weight is 162 g/mol. The van der Waals surface area contributed by atoms with Crippen LogP contribution < -0.4 is 0 Å². The molecule has 2 heteroatoms. The third-order valence-electron chi connectivity index (χ3n) is 2.61. The summed E-state index contributed by atoms with van der Waals surface area (Å²) in [5, 5.41) is 0. The quantitative estimate of drug-likeness (QED) is 0.520. The Morgan fingerprint density at radius 1 is 1.42 bits per heavy atom. The molecule has 0 unspecified atom stereocenters. The first-order valence-corrected chi connectivity index (χ1v) is 4.41. The second kappa shape index (κ2) is 2.28. The zero-order valence-corrected chi connectivity index (χ0v) is 7.89. The van der Waals surface area contributed by atoms with Crippen molar-refractivity contribution in [1.29, 1.82) is 0 Å². The van der Waals surface area contributed by atoms with Gasteiger partial charge >= 0.3 is 0 Å². The minimum atomic E-state index is 0.0336. The summed E-state index contributed by atoms with van der Waals surface area (Å²) in [5.41, 5.74) is 3.94. The Bertz CT molecular complexity index is 306. The van der Waals surface area contributed by atoms with E-state index in [4.69, 9.17) is 0 Å². The molecule has 64 valence electrons. The van der Waals surface area contributed by atoms with Crippen LogP contribution in [0.1, 0.15) is 27.2 Å². The van der Waals surface area contributed by atoms with Crippen molar-refractivity contribution in [3.05, 3.63) is 11.1 Å². The van der Waals surface area contributed by atoms with Crippen molar-refractivity contribution in [1.82, 2.24) is 0 Å². The maximum absolute atomic E-state index is 4.62. The van der Waals surface area contributed by atoms with Crippen LogP contribution in [0.15, 0.2) is 21.1 Å². The van der Waals surface area contributed by atoms with Gasteiger partial charge in [0.25, 0.3) is 0 Å². The average Bonchev–Trinajstić information content (AvgIpc) is 2.25. The van der Waals surface area contributed by atoms with Crippen LogP contribution in [0.25, 0.3) is 0 Å². The molecular formula is C10H14N2. The summed E-state index contributed by atoms with van der Waals surface area (Å²) in [4.78, 5) is 8.89. The van der Waals surface area contributed by atoms with Gasteiger partial charge in [-0.2, -0.15) is 0 Å². The molecule has 0 aromatic heterocycles. The molecule has 0 amide bonds.